The van der Waals surface area contributed by atoms with Crippen LogP contribution in [0.3, 0.4) is 0 Å². The zero-order valence-electron chi connectivity index (χ0n) is 7.84. The van der Waals surface area contributed by atoms with Crippen molar-refractivity contribution in [3.63, 3.8) is 0 Å². The van der Waals surface area contributed by atoms with E-state index in [4.69, 9.17) is 5.26 Å². The molecule has 3 heteroatoms. The highest BCUT2D eigenvalue weighted by Crippen LogP contribution is 2.14. The molecule has 0 bridgehead atoms. The van der Waals surface area contributed by atoms with Crippen molar-refractivity contribution in [1.82, 2.24) is 5.32 Å². The third kappa shape index (κ3) is 3.58. The minimum Gasteiger partial charge on any atom is -0.312 e. The highest BCUT2D eigenvalue weighted by atomic mass is 32.1. The van der Waals surface area contributed by atoms with Crippen LogP contribution in [0.25, 0.3) is 0 Å². The Labute approximate surface area is 83.2 Å². The molecule has 0 radical (unpaired) electrons. The van der Waals surface area contributed by atoms with Gasteiger partial charge in [0.15, 0.2) is 0 Å². The fraction of sp³-hybridized carbons (Fsp3) is 0.500. The monoisotopic (exact) mass is 194 g/mol. The fourth-order valence-electron chi connectivity index (χ4n) is 1.08. The highest BCUT2D eigenvalue weighted by molar-refractivity contribution is 7.10. The van der Waals surface area contributed by atoms with Crippen molar-refractivity contribution < 1.29 is 0 Å². The van der Waals surface area contributed by atoms with E-state index in [2.05, 4.69) is 29.8 Å². The van der Waals surface area contributed by atoms with E-state index < -0.39 is 0 Å². The second-order valence-corrected chi connectivity index (χ2v) is 3.97. The van der Waals surface area contributed by atoms with E-state index in [9.17, 15) is 0 Å². The minimum atomic E-state index is 0.649. The van der Waals surface area contributed by atoms with E-state index in [-0.39, 0.29) is 0 Å². The van der Waals surface area contributed by atoms with Gasteiger partial charge in [-0.05, 0) is 36.9 Å². The Morgan fingerprint density at radius 1 is 1.62 bits per heavy atom. The Bertz CT molecular complexity index is 285. The van der Waals surface area contributed by atoms with E-state index in [1.807, 2.05) is 0 Å². The van der Waals surface area contributed by atoms with Gasteiger partial charge in [-0.25, -0.2) is 0 Å². The third-order valence-corrected chi connectivity index (χ3v) is 2.92. The van der Waals surface area contributed by atoms with Crippen molar-refractivity contribution in [2.75, 3.05) is 6.54 Å². The van der Waals surface area contributed by atoms with Gasteiger partial charge in [0, 0.05) is 17.8 Å². The van der Waals surface area contributed by atoms with Crippen LogP contribution in [0.5, 0.6) is 0 Å². The molecule has 2 nitrogen and oxygen atoms in total. The SMILES string of the molecule is Cc1ccsc1CNCCCC#N. The zero-order valence-corrected chi connectivity index (χ0v) is 8.66. The van der Waals surface area contributed by atoms with Gasteiger partial charge in [0.2, 0.25) is 0 Å². The molecule has 0 aliphatic rings. The molecule has 1 rings (SSSR count). The van der Waals surface area contributed by atoms with E-state index in [0.717, 1.165) is 19.5 Å². The Hall–Kier alpha value is -0.850. The van der Waals surface area contributed by atoms with Gasteiger partial charge >= 0.3 is 0 Å². The van der Waals surface area contributed by atoms with Gasteiger partial charge in [-0.1, -0.05) is 0 Å². The number of nitrogens with one attached hydrogen (secondary N) is 1. The summed E-state index contributed by atoms with van der Waals surface area (Å²) < 4.78 is 0. The number of thiophene rings is 1. The molecule has 0 amide bonds. The quantitative estimate of drug-likeness (QED) is 0.731. The molecule has 1 heterocycles. The smallest absolute Gasteiger partial charge is 0.0622 e. The molecule has 0 saturated carbocycles. The van der Waals surface area contributed by atoms with Crippen LogP contribution in [-0.2, 0) is 6.54 Å². The van der Waals surface area contributed by atoms with E-state index in [1.165, 1.54) is 10.4 Å². The maximum Gasteiger partial charge on any atom is 0.0622 e. The molecule has 0 fully saturated rings. The van der Waals surface area contributed by atoms with Gasteiger partial charge in [0.05, 0.1) is 6.07 Å². The normalized spacial score (nSPS) is 9.85. The number of hydrogen-bond acceptors (Lipinski definition) is 3. The lowest BCUT2D eigenvalue weighted by atomic mass is 10.3. The Balaban J connectivity index is 2.14. The number of rotatable bonds is 5. The molecule has 0 spiro atoms. The van der Waals surface area contributed by atoms with Crippen molar-refractivity contribution >= 4 is 11.3 Å². The molecule has 0 aliphatic heterocycles. The predicted octanol–water partition coefficient (Wildman–Crippen LogP) is 2.45. The first-order chi connectivity index (χ1) is 6.34. The van der Waals surface area contributed by atoms with Crippen LogP contribution >= 0.6 is 11.3 Å². The van der Waals surface area contributed by atoms with Crippen molar-refractivity contribution in [2.24, 2.45) is 0 Å². The summed E-state index contributed by atoms with van der Waals surface area (Å²) in [6.07, 6.45) is 1.59. The van der Waals surface area contributed by atoms with Gasteiger partial charge in [-0.15, -0.1) is 11.3 Å². The van der Waals surface area contributed by atoms with Crippen LogP contribution in [0.4, 0.5) is 0 Å². The number of hydrogen-bond donors (Lipinski definition) is 1. The van der Waals surface area contributed by atoms with Crippen LogP contribution in [0.1, 0.15) is 23.3 Å². The van der Waals surface area contributed by atoms with E-state index >= 15 is 0 Å². The van der Waals surface area contributed by atoms with Crippen molar-refractivity contribution in [2.45, 2.75) is 26.3 Å². The molecule has 70 valence electrons. The van der Waals surface area contributed by atoms with Crippen molar-refractivity contribution in [3.05, 3.63) is 21.9 Å². The first-order valence-electron chi connectivity index (χ1n) is 4.45. The number of nitriles is 1. The van der Waals surface area contributed by atoms with Gasteiger partial charge < -0.3 is 5.32 Å². The molecule has 1 aromatic rings. The summed E-state index contributed by atoms with van der Waals surface area (Å²) in [6.45, 7) is 4.00. The summed E-state index contributed by atoms with van der Waals surface area (Å²) >= 11 is 1.79. The predicted molar refractivity (Wildman–Crippen MR) is 55.6 cm³/mol. The number of unbranched alkanes of at least 4 members (excludes halogenated alkanes) is 1. The summed E-state index contributed by atoms with van der Waals surface area (Å²) in [5, 5.41) is 13.8. The van der Waals surface area contributed by atoms with Gasteiger partial charge in [0.25, 0.3) is 0 Å². The van der Waals surface area contributed by atoms with E-state index in [0.29, 0.717) is 6.42 Å². The maximum atomic E-state index is 8.32. The first-order valence-corrected chi connectivity index (χ1v) is 5.33. The minimum absolute atomic E-state index is 0.649. The van der Waals surface area contributed by atoms with Crippen LogP contribution in [0.2, 0.25) is 0 Å². The average molecular weight is 194 g/mol. The van der Waals surface area contributed by atoms with Crippen LogP contribution in [0.15, 0.2) is 11.4 Å². The summed E-state index contributed by atoms with van der Waals surface area (Å²) in [4.78, 5) is 1.40. The Morgan fingerprint density at radius 3 is 3.08 bits per heavy atom. The fourth-order valence-corrected chi connectivity index (χ4v) is 1.96. The zero-order chi connectivity index (χ0) is 9.52. The average Bonchev–Trinajstić information content (AvgIpc) is 2.52. The largest absolute Gasteiger partial charge is 0.312 e. The molecular weight excluding hydrogens is 180 g/mol. The maximum absolute atomic E-state index is 8.32. The summed E-state index contributed by atoms with van der Waals surface area (Å²) in [5.41, 5.74) is 1.36. The van der Waals surface area contributed by atoms with Gasteiger partial charge in [-0.2, -0.15) is 5.26 Å². The first kappa shape index (κ1) is 10.2. The molecule has 0 aromatic carbocycles. The summed E-state index contributed by atoms with van der Waals surface area (Å²) in [5.74, 6) is 0. The molecule has 0 atom stereocenters. The summed E-state index contributed by atoms with van der Waals surface area (Å²) in [7, 11) is 0. The van der Waals surface area contributed by atoms with Crippen LogP contribution < -0.4 is 5.32 Å². The van der Waals surface area contributed by atoms with Gasteiger partial charge in [0.1, 0.15) is 0 Å². The highest BCUT2D eigenvalue weighted by Gasteiger charge is 1.97. The Morgan fingerprint density at radius 2 is 2.46 bits per heavy atom. The molecule has 0 unspecified atom stereocenters. The second kappa shape index (κ2) is 5.74. The van der Waals surface area contributed by atoms with Gasteiger partial charge in [-0.3, -0.25) is 0 Å². The van der Waals surface area contributed by atoms with Crippen molar-refractivity contribution in [3.8, 4) is 6.07 Å². The molecule has 13 heavy (non-hydrogen) atoms. The molecule has 0 saturated heterocycles. The lowest BCUT2D eigenvalue weighted by Crippen LogP contribution is -2.14. The Kier molecular flexibility index (Phi) is 4.52. The second-order valence-electron chi connectivity index (χ2n) is 2.97. The lowest BCUT2D eigenvalue weighted by molar-refractivity contribution is 0.661. The molecular formula is C10H14N2S. The molecule has 1 aromatic heterocycles. The topological polar surface area (TPSA) is 35.8 Å². The van der Waals surface area contributed by atoms with Crippen LogP contribution in [0, 0.1) is 18.3 Å². The third-order valence-electron chi connectivity index (χ3n) is 1.90. The van der Waals surface area contributed by atoms with Crippen LogP contribution in [-0.4, -0.2) is 6.54 Å². The number of aryl methyl sites for hydroxylation is 1. The number of nitrogens with zero attached hydrogens (tertiary/aromatic N) is 1. The van der Waals surface area contributed by atoms with E-state index in [1.54, 1.807) is 11.3 Å². The van der Waals surface area contributed by atoms with Crippen molar-refractivity contribution in [1.29, 1.82) is 5.26 Å². The molecule has 0 aliphatic carbocycles. The molecule has 1 N–H and O–H groups in total. The summed E-state index contributed by atoms with van der Waals surface area (Å²) in [6, 6.07) is 4.27. The lowest BCUT2D eigenvalue weighted by Gasteiger charge is -2.01. The standard InChI is InChI=1S/C10H14N2S/c1-9-4-7-13-10(9)8-12-6-3-2-5-11/h4,7,12H,2-3,6,8H2,1H3.